The molecule has 3 heteroatoms. The number of nitrogens with zero attached hydrogens (tertiary/aromatic N) is 1. The summed E-state index contributed by atoms with van der Waals surface area (Å²) in [5.74, 6) is 0. The van der Waals surface area contributed by atoms with Crippen LogP contribution in [0, 0.1) is 0 Å². The maximum Gasteiger partial charge on any atom is 0.151 e. The Hall–Kier alpha value is -1.48. The lowest BCUT2D eigenvalue weighted by Crippen LogP contribution is -2.34. The second-order valence-electron chi connectivity index (χ2n) is 4.06. The van der Waals surface area contributed by atoms with E-state index < -0.39 is 0 Å². The highest BCUT2D eigenvalue weighted by molar-refractivity contribution is 5.91. The summed E-state index contributed by atoms with van der Waals surface area (Å²) in [4.78, 5) is 21.3. The van der Waals surface area contributed by atoms with Crippen molar-refractivity contribution in [2.45, 2.75) is 0 Å². The van der Waals surface area contributed by atoms with E-state index in [9.17, 15) is 9.59 Å². The molecule has 0 fully saturated rings. The monoisotopic (exact) mass is 192 g/mol. The van der Waals surface area contributed by atoms with E-state index in [1.165, 1.54) is 0 Å². The minimum atomic E-state index is 0.442. The number of benzene rings is 1. The molecule has 0 bridgehead atoms. The Morgan fingerprint density at radius 1 is 1.00 bits per heavy atom. The van der Waals surface area contributed by atoms with E-state index >= 15 is 0 Å². The van der Waals surface area contributed by atoms with E-state index in [2.05, 4.69) is 0 Å². The SMILES string of the molecule is C[N+](C)(C)c1ccc(C=O)c(C=O)c1. The molecule has 0 heterocycles. The molecule has 0 spiro atoms. The highest BCUT2D eigenvalue weighted by atomic mass is 16.1. The van der Waals surface area contributed by atoms with Gasteiger partial charge in [0.15, 0.2) is 12.6 Å². The van der Waals surface area contributed by atoms with Crippen molar-refractivity contribution in [3.8, 4) is 0 Å². The molecule has 0 aliphatic carbocycles. The Balaban J connectivity index is 3.27. The summed E-state index contributed by atoms with van der Waals surface area (Å²) in [5, 5.41) is 0. The highest BCUT2D eigenvalue weighted by Gasteiger charge is 2.13. The van der Waals surface area contributed by atoms with Gasteiger partial charge in [-0.05, 0) is 12.1 Å². The van der Waals surface area contributed by atoms with E-state index in [1.54, 1.807) is 12.1 Å². The molecule has 0 saturated heterocycles. The van der Waals surface area contributed by atoms with Gasteiger partial charge in [0, 0.05) is 17.2 Å². The second-order valence-corrected chi connectivity index (χ2v) is 4.06. The molecule has 74 valence electrons. The summed E-state index contributed by atoms with van der Waals surface area (Å²) in [5.41, 5.74) is 1.89. The standard InChI is InChI=1S/C11H14NO2/c1-12(2,3)11-5-4-9(7-13)10(6-11)8-14/h4-8H,1-3H3/q+1. The molecule has 0 amide bonds. The summed E-state index contributed by atoms with van der Waals surface area (Å²) in [6.45, 7) is 0. The molecular weight excluding hydrogens is 178 g/mol. The van der Waals surface area contributed by atoms with Crippen molar-refractivity contribution in [2.24, 2.45) is 0 Å². The average Bonchev–Trinajstić information content (AvgIpc) is 2.15. The van der Waals surface area contributed by atoms with Crippen LogP contribution >= 0.6 is 0 Å². The van der Waals surface area contributed by atoms with Crippen LogP contribution in [0.5, 0.6) is 0 Å². The fraction of sp³-hybridized carbons (Fsp3) is 0.273. The summed E-state index contributed by atoms with van der Waals surface area (Å²) >= 11 is 0. The molecule has 0 atom stereocenters. The summed E-state index contributed by atoms with van der Waals surface area (Å²) in [6.07, 6.45) is 1.41. The maximum atomic E-state index is 10.7. The predicted octanol–water partition coefficient (Wildman–Crippen LogP) is 1.51. The first-order valence-electron chi connectivity index (χ1n) is 4.35. The van der Waals surface area contributed by atoms with Crippen LogP contribution in [-0.2, 0) is 0 Å². The van der Waals surface area contributed by atoms with E-state index in [1.807, 2.05) is 27.2 Å². The van der Waals surface area contributed by atoms with Gasteiger partial charge in [-0.15, -0.1) is 0 Å². The fourth-order valence-corrected chi connectivity index (χ4v) is 1.19. The molecule has 3 nitrogen and oxygen atoms in total. The van der Waals surface area contributed by atoms with Crippen molar-refractivity contribution in [3.63, 3.8) is 0 Å². The van der Waals surface area contributed by atoms with Crippen LogP contribution in [0.25, 0.3) is 0 Å². The molecule has 0 saturated carbocycles. The molecule has 14 heavy (non-hydrogen) atoms. The zero-order valence-corrected chi connectivity index (χ0v) is 8.65. The second kappa shape index (κ2) is 3.72. The lowest BCUT2D eigenvalue weighted by Gasteiger charge is -2.23. The van der Waals surface area contributed by atoms with Gasteiger partial charge in [0.05, 0.1) is 21.1 Å². The van der Waals surface area contributed by atoms with Crippen molar-refractivity contribution in [2.75, 3.05) is 21.1 Å². The number of carbonyl (C=O) groups is 2. The first-order valence-corrected chi connectivity index (χ1v) is 4.35. The summed E-state index contributed by atoms with van der Waals surface area (Å²) in [7, 11) is 6.01. The van der Waals surface area contributed by atoms with E-state index in [4.69, 9.17) is 0 Å². The number of carbonyl (C=O) groups excluding carboxylic acids is 2. The molecule has 1 rings (SSSR count). The first-order chi connectivity index (χ1) is 6.49. The van der Waals surface area contributed by atoms with Gasteiger partial charge >= 0.3 is 0 Å². The Bertz CT molecular complexity index is 364. The van der Waals surface area contributed by atoms with E-state index in [0.29, 0.717) is 28.2 Å². The molecule has 0 radical (unpaired) electrons. The van der Waals surface area contributed by atoms with Crippen LogP contribution in [0.1, 0.15) is 20.7 Å². The van der Waals surface area contributed by atoms with Crippen LogP contribution in [-0.4, -0.2) is 33.7 Å². The van der Waals surface area contributed by atoms with Crippen molar-refractivity contribution < 1.29 is 9.59 Å². The molecule has 1 aromatic rings. The van der Waals surface area contributed by atoms with Crippen molar-refractivity contribution >= 4 is 18.3 Å². The zero-order valence-electron chi connectivity index (χ0n) is 8.65. The van der Waals surface area contributed by atoms with Gasteiger partial charge in [-0.25, -0.2) is 0 Å². The normalized spacial score (nSPS) is 11.1. The molecule has 0 aliphatic heterocycles. The van der Waals surface area contributed by atoms with Gasteiger partial charge < -0.3 is 0 Å². The lowest BCUT2D eigenvalue weighted by molar-refractivity contribution is 0.109. The Morgan fingerprint density at radius 2 is 1.57 bits per heavy atom. The lowest BCUT2D eigenvalue weighted by atomic mass is 10.1. The summed E-state index contributed by atoms with van der Waals surface area (Å²) in [6, 6.07) is 5.28. The minimum absolute atomic E-state index is 0.442. The minimum Gasteiger partial charge on any atom is -0.298 e. The third kappa shape index (κ3) is 2.06. The van der Waals surface area contributed by atoms with Crippen LogP contribution in [0.4, 0.5) is 5.69 Å². The van der Waals surface area contributed by atoms with Gasteiger partial charge in [-0.3, -0.25) is 14.1 Å². The first kappa shape index (κ1) is 10.6. The number of hydrogen-bond donors (Lipinski definition) is 0. The number of quaternary nitrogens is 1. The largest absolute Gasteiger partial charge is 0.298 e. The van der Waals surface area contributed by atoms with Gasteiger partial charge in [0.2, 0.25) is 0 Å². The maximum absolute atomic E-state index is 10.7. The molecule has 0 aliphatic rings. The van der Waals surface area contributed by atoms with Crippen molar-refractivity contribution in [3.05, 3.63) is 29.3 Å². The van der Waals surface area contributed by atoms with Crippen LogP contribution in [0.3, 0.4) is 0 Å². The molecule has 1 aromatic carbocycles. The van der Waals surface area contributed by atoms with Gasteiger partial charge in [-0.2, -0.15) is 0 Å². The molecule has 0 unspecified atom stereocenters. The van der Waals surface area contributed by atoms with Crippen LogP contribution in [0.2, 0.25) is 0 Å². The van der Waals surface area contributed by atoms with Gasteiger partial charge in [0.25, 0.3) is 0 Å². The Morgan fingerprint density at radius 3 is 2.00 bits per heavy atom. The summed E-state index contributed by atoms with van der Waals surface area (Å²) < 4.78 is 0.625. The van der Waals surface area contributed by atoms with E-state index in [-0.39, 0.29) is 0 Å². The fourth-order valence-electron chi connectivity index (χ4n) is 1.19. The predicted molar refractivity (Wildman–Crippen MR) is 56.8 cm³/mol. The van der Waals surface area contributed by atoms with Crippen molar-refractivity contribution in [1.29, 1.82) is 0 Å². The van der Waals surface area contributed by atoms with Gasteiger partial charge in [-0.1, -0.05) is 0 Å². The number of rotatable bonds is 3. The smallest absolute Gasteiger partial charge is 0.151 e. The Labute approximate surface area is 83.5 Å². The number of hydrogen-bond acceptors (Lipinski definition) is 2. The van der Waals surface area contributed by atoms with Gasteiger partial charge in [0.1, 0.15) is 5.69 Å². The zero-order chi connectivity index (χ0) is 10.8. The topological polar surface area (TPSA) is 34.1 Å². The van der Waals surface area contributed by atoms with Crippen LogP contribution < -0.4 is 4.48 Å². The third-order valence-corrected chi connectivity index (χ3v) is 2.10. The molecule has 0 N–H and O–H groups in total. The third-order valence-electron chi connectivity index (χ3n) is 2.10. The quantitative estimate of drug-likeness (QED) is 0.537. The average molecular weight is 192 g/mol. The molecule has 0 aromatic heterocycles. The Kier molecular flexibility index (Phi) is 2.81. The van der Waals surface area contributed by atoms with Crippen LogP contribution in [0.15, 0.2) is 18.2 Å². The van der Waals surface area contributed by atoms with E-state index in [0.717, 1.165) is 5.69 Å². The van der Waals surface area contributed by atoms with Crippen molar-refractivity contribution in [1.82, 2.24) is 4.48 Å². The molecular formula is C11H14NO2+. The number of aldehydes is 2. The highest BCUT2D eigenvalue weighted by Crippen LogP contribution is 2.19.